The maximum atomic E-state index is 11.2. The van der Waals surface area contributed by atoms with Crippen molar-refractivity contribution in [2.24, 2.45) is 17.6 Å². The summed E-state index contributed by atoms with van der Waals surface area (Å²) in [6.45, 7) is 0. The quantitative estimate of drug-likeness (QED) is 0.756. The van der Waals surface area contributed by atoms with Gasteiger partial charge in [-0.25, -0.2) is 0 Å². The zero-order chi connectivity index (χ0) is 13.9. The molecule has 2 aliphatic rings. The highest BCUT2D eigenvalue weighted by Crippen LogP contribution is 2.53. The maximum Gasteiger partial charge on any atom is 0.0909 e. The first-order chi connectivity index (χ1) is 9.55. The van der Waals surface area contributed by atoms with Crippen molar-refractivity contribution in [2.75, 3.05) is 0 Å². The number of nitrogens with zero attached hydrogens (tertiary/aromatic N) is 1. The molecule has 0 bridgehead atoms. The SMILES string of the molecule is N[C@H]1C[C@@H]2C[C@@](O)(c3cc(Cl)cc4[nH]ncc34)C[C@@H]2C1. The number of H-pyrrole nitrogens is 1. The zero-order valence-corrected chi connectivity index (χ0v) is 11.9. The minimum absolute atomic E-state index is 0.308. The number of fused-ring (bicyclic) bond motifs is 2. The number of hydrogen-bond donors (Lipinski definition) is 3. The van der Waals surface area contributed by atoms with Crippen LogP contribution in [0, 0.1) is 11.8 Å². The van der Waals surface area contributed by atoms with Crippen LogP contribution in [0.3, 0.4) is 0 Å². The molecule has 20 heavy (non-hydrogen) atoms. The van der Waals surface area contributed by atoms with E-state index < -0.39 is 5.60 Å². The molecule has 1 heterocycles. The van der Waals surface area contributed by atoms with E-state index in [1.807, 2.05) is 12.1 Å². The summed E-state index contributed by atoms with van der Waals surface area (Å²) in [5.74, 6) is 1.08. The molecule has 0 aliphatic heterocycles. The minimum atomic E-state index is -0.789. The number of aromatic amines is 1. The van der Waals surface area contributed by atoms with Crippen LogP contribution in [0.2, 0.25) is 5.02 Å². The van der Waals surface area contributed by atoms with E-state index in [1.165, 1.54) is 0 Å². The molecule has 1 aromatic heterocycles. The van der Waals surface area contributed by atoms with Crippen molar-refractivity contribution >= 4 is 22.5 Å². The molecule has 0 radical (unpaired) electrons. The Labute approximate surface area is 122 Å². The Morgan fingerprint density at radius 2 is 2.00 bits per heavy atom. The number of hydrogen-bond acceptors (Lipinski definition) is 3. The van der Waals surface area contributed by atoms with E-state index in [2.05, 4.69) is 10.2 Å². The molecule has 2 saturated carbocycles. The first-order valence-electron chi connectivity index (χ1n) is 7.16. The normalized spacial score (nSPS) is 36.6. The van der Waals surface area contributed by atoms with Crippen LogP contribution in [-0.4, -0.2) is 21.3 Å². The van der Waals surface area contributed by atoms with Crippen molar-refractivity contribution in [2.45, 2.75) is 37.3 Å². The molecule has 0 unspecified atom stereocenters. The Kier molecular flexibility index (Phi) is 2.65. The summed E-state index contributed by atoms with van der Waals surface area (Å²) < 4.78 is 0. The number of halogens is 1. The predicted molar refractivity (Wildman–Crippen MR) is 78.4 cm³/mol. The van der Waals surface area contributed by atoms with Gasteiger partial charge >= 0.3 is 0 Å². The highest BCUT2D eigenvalue weighted by Gasteiger charge is 2.49. The lowest BCUT2D eigenvalue weighted by atomic mass is 9.87. The number of nitrogens with two attached hydrogens (primary N) is 1. The van der Waals surface area contributed by atoms with Crippen LogP contribution < -0.4 is 5.73 Å². The average Bonchev–Trinajstić information content (AvgIpc) is 3.01. The molecule has 1 aromatic carbocycles. The van der Waals surface area contributed by atoms with Gasteiger partial charge in [0.1, 0.15) is 0 Å². The van der Waals surface area contributed by atoms with E-state index >= 15 is 0 Å². The summed E-state index contributed by atoms with van der Waals surface area (Å²) in [5, 5.41) is 19.8. The molecule has 106 valence electrons. The largest absolute Gasteiger partial charge is 0.385 e. The van der Waals surface area contributed by atoms with Gasteiger partial charge in [0.25, 0.3) is 0 Å². The number of nitrogens with one attached hydrogen (secondary N) is 1. The number of rotatable bonds is 1. The van der Waals surface area contributed by atoms with E-state index in [1.54, 1.807) is 6.20 Å². The lowest BCUT2D eigenvalue weighted by Crippen LogP contribution is -2.25. The van der Waals surface area contributed by atoms with Crippen molar-refractivity contribution in [3.8, 4) is 0 Å². The van der Waals surface area contributed by atoms with Gasteiger partial charge in [0.15, 0.2) is 0 Å². The first-order valence-corrected chi connectivity index (χ1v) is 7.54. The molecule has 0 amide bonds. The lowest BCUT2D eigenvalue weighted by Gasteiger charge is -2.26. The van der Waals surface area contributed by atoms with Gasteiger partial charge in [-0.3, -0.25) is 5.10 Å². The minimum Gasteiger partial charge on any atom is -0.385 e. The Balaban J connectivity index is 1.78. The highest BCUT2D eigenvalue weighted by molar-refractivity contribution is 6.31. The Bertz CT molecular complexity index is 654. The summed E-state index contributed by atoms with van der Waals surface area (Å²) in [7, 11) is 0. The predicted octanol–water partition coefficient (Wildman–Crippen LogP) is 2.55. The molecule has 4 atom stereocenters. The number of benzene rings is 1. The second-order valence-electron chi connectivity index (χ2n) is 6.48. The van der Waals surface area contributed by atoms with Gasteiger partial charge in [0, 0.05) is 16.5 Å². The molecular weight excluding hydrogens is 274 g/mol. The summed E-state index contributed by atoms with van der Waals surface area (Å²) in [5.41, 5.74) is 7.04. The number of aliphatic hydroxyl groups is 1. The molecule has 4 nitrogen and oxygen atoms in total. The Morgan fingerprint density at radius 3 is 2.70 bits per heavy atom. The summed E-state index contributed by atoms with van der Waals surface area (Å²) in [6, 6.07) is 4.05. The maximum absolute atomic E-state index is 11.2. The molecule has 0 saturated heterocycles. The fourth-order valence-corrected chi connectivity index (χ4v) is 4.55. The van der Waals surface area contributed by atoms with Crippen molar-refractivity contribution in [1.82, 2.24) is 10.2 Å². The molecule has 2 aliphatic carbocycles. The fraction of sp³-hybridized carbons (Fsp3) is 0.533. The molecule has 2 fully saturated rings. The molecule has 4 rings (SSSR count). The van der Waals surface area contributed by atoms with Gasteiger partial charge < -0.3 is 10.8 Å². The molecule has 4 N–H and O–H groups in total. The second kappa shape index (κ2) is 4.20. The van der Waals surface area contributed by atoms with E-state index in [0.717, 1.165) is 42.1 Å². The van der Waals surface area contributed by atoms with E-state index in [4.69, 9.17) is 17.3 Å². The van der Waals surface area contributed by atoms with Gasteiger partial charge in [0.2, 0.25) is 0 Å². The Hall–Kier alpha value is -1.10. The van der Waals surface area contributed by atoms with Gasteiger partial charge in [0.05, 0.1) is 17.3 Å². The first kappa shape index (κ1) is 12.6. The third-order valence-electron chi connectivity index (χ3n) is 5.10. The van der Waals surface area contributed by atoms with Crippen molar-refractivity contribution in [3.05, 3.63) is 28.9 Å². The van der Waals surface area contributed by atoms with E-state index in [9.17, 15) is 5.11 Å². The third kappa shape index (κ3) is 1.79. The van der Waals surface area contributed by atoms with Crippen LogP contribution in [0.1, 0.15) is 31.2 Å². The molecule has 2 aromatic rings. The van der Waals surface area contributed by atoms with Crippen molar-refractivity contribution in [1.29, 1.82) is 0 Å². The third-order valence-corrected chi connectivity index (χ3v) is 5.32. The fourth-order valence-electron chi connectivity index (χ4n) is 4.33. The van der Waals surface area contributed by atoms with Crippen LogP contribution >= 0.6 is 11.6 Å². The standard InChI is InChI=1S/C15H18ClN3O/c16-10-3-13(12-7-18-19-14(12)4-10)15(20)5-8-1-11(17)2-9(8)6-15/h3-4,7-9,11,20H,1-2,5-6,17H2,(H,18,19)/t8-,9+,11+,15+. The van der Waals surface area contributed by atoms with Crippen molar-refractivity contribution in [3.63, 3.8) is 0 Å². The molecule has 5 heteroatoms. The zero-order valence-electron chi connectivity index (χ0n) is 11.1. The van der Waals surface area contributed by atoms with Crippen LogP contribution in [-0.2, 0) is 5.60 Å². The van der Waals surface area contributed by atoms with Gasteiger partial charge in [-0.15, -0.1) is 0 Å². The Morgan fingerprint density at radius 1 is 1.30 bits per heavy atom. The topological polar surface area (TPSA) is 74.9 Å². The van der Waals surface area contributed by atoms with Crippen LogP contribution in [0.25, 0.3) is 10.9 Å². The van der Waals surface area contributed by atoms with E-state index in [0.29, 0.717) is 22.9 Å². The second-order valence-corrected chi connectivity index (χ2v) is 6.91. The van der Waals surface area contributed by atoms with Crippen LogP contribution in [0.15, 0.2) is 18.3 Å². The highest BCUT2D eigenvalue weighted by atomic mass is 35.5. The van der Waals surface area contributed by atoms with Crippen molar-refractivity contribution < 1.29 is 5.11 Å². The van der Waals surface area contributed by atoms with Gasteiger partial charge in [-0.1, -0.05) is 11.6 Å². The lowest BCUT2D eigenvalue weighted by molar-refractivity contribution is 0.0361. The monoisotopic (exact) mass is 291 g/mol. The summed E-state index contributed by atoms with van der Waals surface area (Å²) in [6.07, 6.45) is 5.40. The van der Waals surface area contributed by atoms with Crippen LogP contribution in [0.5, 0.6) is 0 Å². The number of aromatic nitrogens is 2. The van der Waals surface area contributed by atoms with Gasteiger partial charge in [-0.2, -0.15) is 5.10 Å². The summed E-state index contributed by atoms with van der Waals surface area (Å²) in [4.78, 5) is 0. The molecular formula is C15H18ClN3O. The smallest absolute Gasteiger partial charge is 0.0909 e. The average molecular weight is 292 g/mol. The van der Waals surface area contributed by atoms with Gasteiger partial charge in [-0.05, 0) is 55.2 Å². The summed E-state index contributed by atoms with van der Waals surface area (Å²) >= 11 is 6.19. The molecule has 0 spiro atoms. The van der Waals surface area contributed by atoms with Crippen LogP contribution in [0.4, 0.5) is 0 Å². The van der Waals surface area contributed by atoms with E-state index in [-0.39, 0.29) is 0 Å².